The predicted molar refractivity (Wildman–Crippen MR) is 73.7 cm³/mol. The minimum absolute atomic E-state index is 0.120. The van der Waals surface area contributed by atoms with E-state index in [1.165, 1.54) is 6.07 Å². The first-order chi connectivity index (χ1) is 9.56. The first-order valence-electron chi connectivity index (χ1n) is 6.21. The molecule has 0 saturated heterocycles. The second-order valence-electron chi connectivity index (χ2n) is 4.31. The van der Waals surface area contributed by atoms with Crippen molar-refractivity contribution in [1.29, 1.82) is 0 Å². The molecule has 0 aliphatic rings. The van der Waals surface area contributed by atoms with E-state index in [0.29, 0.717) is 23.8 Å². The summed E-state index contributed by atoms with van der Waals surface area (Å²) in [7, 11) is 0. The fourth-order valence-electron chi connectivity index (χ4n) is 2.05. The molecule has 0 spiro atoms. The first kappa shape index (κ1) is 13.9. The van der Waals surface area contributed by atoms with Gasteiger partial charge in [-0.15, -0.1) is 0 Å². The van der Waals surface area contributed by atoms with Gasteiger partial charge in [-0.2, -0.15) is 0 Å². The number of ether oxygens (including phenoxy) is 1. The minimum Gasteiger partial charge on any atom is -0.492 e. The maximum atomic E-state index is 11.4. The lowest BCUT2D eigenvalue weighted by Gasteiger charge is -2.14. The van der Waals surface area contributed by atoms with Crippen molar-refractivity contribution in [2.45, 2.75) is 13.3 Å². The molecule has 5 nitrogen and oxygen atoms in total. The Labute approximate surface area is 115 Å². The minimum atomic E-state index is -1.31. The van der Waals surface area contributed by atoms with Gasteiger partial charge in [0.05, 0.1) is 12.2 Å². The Hall–Kier alpha value is -2.56. The molecular formula is C15H14O5. The lowest BCUT2D eigenvalue weighted by Crippen LogP contribution is -2.12. The van der Waals surface area contributed by atoms with Crippen molar-refractivity contribution in [3.05, 3.63) is 41.5 Å². The van der Waals surface area contributed by atoms with Crippen LogP contribution in [0.25, 0.3) is 10.8 Å². The summed E-state index contributed by atoms with van der Waals surface area (Å²) in [5.74, 6) is -2.47. The number of benzene rings is 2. The molecule has 0 aliphatic heterocycles. The molecule has 0 atom stereocenters. The summed E-state index contributed by atoms with van der Waals surface area (Å²) in [5, 5.41) is 19.8. The van der Waals surface area contributed by atoms with Crippen molar-refractivity contribution in [3.63, 3.8) is 0 Å². The summed E-state index contributed by atoms with van der Waals surface area (Å²) in [6, 6.07) is 8.33. The van der Waals surface area contributed by atoms with Crippen LogP contribution in [0.5, 0.6) is 5.75 Å². The monoisotopic (exact) mass is 274 g/mol. The van der Waals surface area contributed by atoms with Crippen molar-refractivity contribution < 1.29 is 24.5 Å². The second-order valence-corrected chi connectivity index (χ2v) is 4.31. The Morgan fingerprint density at radius 2 is 1.85 bits per heavy atom. The van der Waals surface area contributed by atoms with Crippen molar-refractivity contribution >= 4 is 22.7 Å². The van der Waals surface area contributed by atoms with E-state index in [2.05, 4.69) is 0 Å². The van der Waals surface area contributed by atoms with E-state index in [4.69, 9.17) is 4.74 Å². The van der Waals surface area contributed by atoms with E-state index in [9.17, 15) is 19.8 Å². The second kappa shape index (κ2) is 5.61. The highest BCUT2D eigenvalue weighted by atomic mass is 16.5. The van der Waals surface area contributed by atoms with Gasteiger partial charge < -0.3 is 14.9 Å². The fraction of sp³-hybridized carbons (Fsp3) is 0.200. The van der Waals surface area contributed by atoms with Gasteiger partial charge in [0, 0.05) is 5.39 Å². The van der Waals surface area contributed by atoms with E-state index in [1.807, 2.05) is 6.92 Å². The molecule has 5 heteroatoms. The van der Waals surface area contributed by atoms with Crippen LogP contribution in [0.4, 0.5) is 0 Å². The number of fused-ring (bicyclic) bond motifs is 1. The Morgan fingerprint density at radius 3 is 2.45 bits per heavy atom. The quantitative estimate of drug-likeness (QED) is 0.875. The Balaban J connectivity index is 2.82. The highest BCUT2D eigenvalue weighted by molar-refractivity contribution is 6.10. The number of hydrogen-bond donors (Lipinski definition) is 2. The molecule has 2 aromatic carbocycles. The molecule has 20 heavy (non-hydrogen) atoms. The zero-order valence-corrected chi connectivity index (χ0v) is 10.9. The smallest absolute Gasteiger partial charge is 0.340 e. The zero-order valence-electron chi connectivity index (χ0n) is 10.9. The van der Waals surface area contributed by atoms with Crippen molar-refractivity contribution in [2.24, 2.45) is 0 Å². The van der Waals surface area contributed by atoms with Gasteiger partial charge in [-0.05, 0) is 17.9 Å². The molecule has 0 bridgehead atoms. The van der Waals surface area contributed by atoms with Crippen LogP contribution in [-0.4, -0.2) is 28.8 Å². The van der Waals surface area contributed by atoms with Crippen molar-refractivity contribution in [1.82, 2.24) is 0 Å². The predicted octanol–water partition coefficient (Wildman–Crippen LogP) is 3.03. The first-order valence-corrected chi connectivity index (χ1v) is 6.21. The molecule has 0 aliphatic carbocycles. The van der Waals surface area contributed by atoms with Crippen LogP contribution in [0.1, 0.15) is 34.1 Å². The third-order valence-electron chi connectivity index (χ3n) is 2.90. The molecule has 2 N–H and O–H groups in total. The highest BCUT2D eigenvalue weighted by Crippen LogP contribution is 2.33. The summed E-state index contributed by atoms with van der Waals surface area (Å²) < 4.78 is 5.51. The number of hydrogen-bond acceptors (Lipinski definition) is 3. The van der Waals surface area contributed by atoms with Gasteiger partial charge in [-0.25, -0.2) is 9.59 Å². The van der Waals surface area contributed by atoms with Gasteiger partial charge in [0.15, 0.2) is 0 Å². The summed E-state index contributed by atoms with van der Waals surface area (Å²) in [5.41, 5.74) is -0.563. The van der Waals surface area contributed by atoms with Crippen LogP contribution >= 0.6 is 0 Å². The van der Waals surface area contributed by atoms with Crippen LogP contribution in [0.3, 0.4) is 0 Å². The van der Waals surface area contributed by atoms with Gasteiger partial charge in [-0.1, -0.05) is 31.2 Å². The summed E-state index contributed by atoms with van der Waals surface area (Å²) in [6.45, 7) is 2.22. The molecule has 0 saturated carbocycles. The SMILES string of the molecule is CCCOc1c(C(=O)O)c(C(=O)O)cc2ccccc12. The van der Waals surface area contributed by atoms with E-state index >= 15 is 0 Å². The van der Waals surface area contributed by atoms with Crippen LogP contribution in [0.2, 0.25) is 0 Å². The zero-order chi connectivity index (χ0) is 14.7. The van der Waals surface area contributed by atoms with Crippen LogP contribution < -0.4 is 4.74 Å². The Kier molecular flexibility index (Phi) is 3.89. The van der Waals surface area contributed by atoms with Gasteiger partial charge >= 0.3 is 11.9 Å². The van der Waals surface area contributed by atoms with E-state index in [0.717, 1.165) is 0 Å². The van der Waals surface area contributed by atoms with Crippen LogP contribution in [0.15, 0.2) is 30.3 Å². The molecule has 0 fully saturated rings. The maximum absolute atomic E-state index is 11.4. The van der Waals surface area contributed by atoms with E-state index in [1.54, 1.807) is 24.3 Å². The maximum Gasteiger partial charge on any atom is 0.340 e. The standard InChI is InChI=1S/C15H14O5/c1-2-7-20-13-10-6-4-3-5-9(10)8-11(14(16)17)12(13)15(18)19/h3-6,8H,2,7H2,1H3,(H,16,17)(H,18,19). The topological polar surface area (TPSA) is 83.8 Å². The molecular weight excluding hydrogens is 260 g/mol. The molecule has 104 valence electrons. The number of rotatable bonds is 5. The molecule has 2 aromatic rings. The normalized spacial score (nSPS) is 10.4. The van der Waals surface area contributed by atoms with E-state index in [-0.39, 0.29) is 16.9 Å². The van der Waals surface area contributed by atoms with Gasteiger partial charge in [0.25, 0.3) is 0 Å². The van der Waals surface area contributed by atoms with Crippen LogP contribution in [-0.2, 0) is 0 Å². The number of carboxylic acids is 2. The number of aromatic carboxylic acids is 2. The summed E-state index contributed by atoms with van der Waals surface area (Å²) >= 11 is 0. The van der Waals surface area contributed by atoms with Gasteiger partial charge in [-0.3, -0.25) is 0 Å². The number of carbonyl (C=O) groups is 2. The van der Waals surface area contributed by atoms with Gasteiger partial charge in [0.2, 0.25) is 0 Å². The molecule has 2 rings (SSSR count). The average molecular weight is 274 g/mol. The summed E-state index contributed by atoms with van der Waals surface area (Å²) in [4.78, 5) is 22.7. The largest absolute Gasteiger partial charge is 0.492 e. The lowest BCUT2D eigenvalue weighted by atomic mass is 9.99. The Bertz CT molecular complexity index is 675. The fourth-order valence-corrected chi connectivity index (χ4v) is 2.05. The molecule has 0 unspecified atom stereocenters. The molecule has 0 radical (unpaired) electrons. The summed E-state index contributed by atoms with van der Waals surface area (Å²) in [6.07, 6.45) is 0.699. The number of carboxylic acid groups (broad SMARTS) is 2. The third-order valence-corrected chi connectivity index (χ3v) is 2.90. The van der Waals surface area contributed by atoms with E-state index < -0.39 is 11.9 Å². The molecule has 0 aromatic heterocycles. The van der Waals surface area contributed by atoms with Crippen LogP contribution in [0, 0.1) is 0 Å². The molecule has 0 amide bonds. The highest BCUT2D eigenvalue weighted by Gasteiger charge is 2.24. The van der Waals surface area contributed by atoms with Crippen molar-refractivity contribution in [2.75, 3.05) is 6.61 Å². The third kappa shape index (κ3) is 2.42. The molecule has 0 heterocycles. The van der Waals surface area contributed by atoms with Gasteiger partial charge in [0.1, 0.15) is 11.3 Å². The Morgan fingerprint density at radius 1 is 1.15 bits per heavy atom. The van der Waals surface area contributed by atoms with Crippen molar-refractivity contribution in [3.8, 4) is 5.75 Å². The average Bonchev–Trinajstić information content (AvgIpc) is 2.43. The lowest BCUT2D eigenvalue weighted by molar-refractivity contribution is 0.0648.